The summed E-state index contributed by atoms with van der Waals surface area (Å²) in [5, 5.41) is 0. The number of piperazine rings is 1. The molecule has 0 N–H and O–H groups in total. The third kappa shape index (κ3) is 5.01. The van der Waals surface area contributed by atoms with Crippen molar-refractivity contribution in [3.63, 3.8) is 0 Å². The second kappa shape index (κ2) is 9.30. The van der Waals surface area contributed by atoms with Gasteiger partial charge >= 0.3 is 0 Å². The number of carbonyl (C=O) groups is 1. The molecule has 0 radical (unpaired) electrons. The van der Waals surface area contributed by atoms with Crippen molar-refractivity contribution in [1.29, 1.82) is 0 Å². The molecule has 6 nitrogen and oxygen atoms in total. The highest BCUT2D eigenvalue weighted by atomic mass is 19.1. The molecule has 2 aromatic carbocycles. The van der Waals surface area contributed by atoms with E-state index in [1.807, 2.05) is 23.6 Å². The monoisotopic (exact) mass is 438 g/mol. The molecular weight excluding hydrogens is 414 g/mol. The van der Waals surface area contributed by atoms with E-state index in [0.29, 0.717) is 25.5 Å². The molecule has 1 atom stereocenters. The number of aromatic nitrogens is 2. The van der Waals surface area contributed by atoms with Gasteiger partial charge in [-0.3, -0.25) is 4.79 Å². The predicted octanol–water partition coefficient (Wildman–Crippen LogP) is 4.14. The fraction of sp³-hybridized carbons (Fsp3) is 0.292. The molecule has 0 unspecified atom stereocenters. The molecule has 0 bridgehead atoms. The Morgan fingerprint density at radius 1 is 1.09 bits per heavy atom. The van der Waals surface area contributed by atoms with Crippen LogP contribution in [-0.2, 0) is 11.2 Å². The number of benzene rings is 2. The van der Waals surface area contributed by atoms with Gasteiger partial charge in [-0.15, -0.1) is 0 Å². The fourth-order valence-electron chi connectivity index (χ4n) is 3.77. The highest BCUT2D eigenvalue weighted by Crippen LogP contribution is 2.26. The standard InChI is InChI=1S/C24H24F2N4O2/c1-16-3-8-20(26)21(11-16)32-23-13-22(27-15-28-23)29-9-10-30(17(2)14-29)24(31)12-18-4-6-19(25)7-5-18/h3-8,11,13,15,17H,9-10,12,14H2,1-2H3/t17-/m1/s1. The smallest absolute Gasteiger partial charge is 0.227 e. The molecule has 2 heterocycles. The third-order valence-electron chi connectivity index (χ3n) is 5.47. The molecule has 0 spiro atoms. The van der Waals surface area contributed by atoms with Crippen molar-refractivity contribution in [2.24, 2.45) is 0 Å². The summed E-state index contributed by atoms with van der Waals surface area (Å²) in [6.45, 7) is 5.55. The van der Waals surface area contributed by atoms with Crippen LogP contribution in [0.1, 0.15) is 18.1 Å². The highest BCUT2D eigenvalue weighted by Gasteiger charge is 2.28. The molecular formula is C24H24F2N4O2. The van der Waals surface area contributed by atoms with Gasteiger partial charge in [-0.1, -0.05) is 18.2 Å². The first kappa shape index (κ1) is 21.7. The Kier molecular flexibility index (Phi) is 6.30. The summed E-state index contributed by atoms with van der Waals surface area (Å²) in [4.78, 5) is 25.1. The van der Waals surface area contributed by atoms with Gasteiger partial charge in [0.25, 0.3) is 0 Å². The zero-order valence-electron chi connectivity index (χ0n) is 18.0. The molecule has 0 saturated carbocycles. The molecule has 4 rings (SSSR count). The minimum absolute atomic E-state index is 0.00499. The fourth-order valence-corrected chi connectivity index (χ4v) is 3.77. The molecule has 1 aliphatic rings. The molecule has 0 aliphatic carbocycles. The largest absolute Gasteiger partial charge is 0.436 e. The van der Waals surface area contributed by atoms with Gasteiger partial charge < -0.3 is 14.5 Å². The van der Waals surface area contributed by atoms with Crippen molar-refractivity contribution in [2.45, 2.75) is 26.3 Å². The quantitative estimate of drug-likeness (QED) is 0.599. The summed E-state index contributed by atoms with van der Waals surface area (Å²) in [5.41, 5.74) is 1.66. The first-order chi connectivity index (χ1) is 15.4. The van der Waals surface area contributed by atoms with E-state index in [-0.39, 0.29) is 35.8 Å². The van der Waals surface area contributed by atoms with Gasteiger partial charge in [-0.2, -0.15) is 0 Å². The molecule has 1 aromatic heterocycles. The SMILES string of the molecule is Cc1ccc(F)c(Oc2cc(N3CCN(C(=O)Cc4ccc(F)cc4)[C@H](C)C3)ncn2)c1. The first-order valence-corrected chi connectivity index (χ1v) is 10.4. The maximum atomic E-state index is 14.0. The molecule has 1 saturated heterocycles. The Bertz CT molecular complexity index is 1110. The van der Waals surface area contributed by atoms with Gasteiger partial charge in [0.2, 0.25) is 11.8 Å². The summed E-state index contributed by atoms with van der Waals surface area (Å²) >= 11 is 0. The summed E-state index contributed by atoms with van der Waals surface area (Å²) in [7, 11) is 0. The molecule has 3 aromatic rings. The number of nitrogens with zero attached hydrogens (tertiary/aromatic N) is 4. The molecule has 8 heteroatoms. The lowest BCUT2D eigenvalue weighted by molar-refractivity contribution is -0.132. The average molecular weight is 438 g/mol. The van der Waals surface area contributed by atoms with Crippen LogP contribution in [-0.4, -0.2) is 46.5 Å². The van der Waals surface area contributed by atoms with Crippen LogP contribution in [0.2, 0.25) is 0 Å². The molecule has 166 valence electrons. The van der Waals surface area contributed by atoms with E-state index >= 15 is 0 Å². The van der Waals surface area contributed by atoms with Crippen molar-refractivity contribution < 1.29 is 18.3 Å². The minimum Gasteiger partial charge on any atom is -0.436 e. The lowest BCUT2D eigenvalue weighted by Gasteiger charge is -2.40. The van der Waals surface area contributed by atoms with Crippen LogP contribution in [0.15, 0.2) is 54.9 Å². The second-order valence-electron chi connectivity index (χ2n) is 7.94. The van der Waals surface area contributed by atoms with Gasteiger partial charge in [0, 0.05) is 31.7 Å². The van der Waals surface area contributed by atoms with Crippen molar-refractivity contribution in [3.8, 4) is 11.6 Å². The van der Waals surface area contributed by atoms with Crippen LogP contribution in [0.25, 0.3) is 0 Å². The van der Waals surface area contributed by atoms with E-state index in [2.05, 4.69) is 9.97 Å². The zero-order valence-corrected chi connectivity index (χ0v) is 18.0. The van der Waals surface area contributed by atoms with E-state index < -0.39 is 5.82 Å². The van der Waals surface area contributed by atoms with Gasteiger partial charge in [0.15, 0.2) is 11.6 Å². The normalized spacial score (nSPS) is 16.2. The molecule has 1 amide bonds. The number of hydrogen-bond acceptors (Lipinski definition) is 5. The first-order valence-electron chi connectivity index (χ1n) is 10.4. The van der Waals surface area contributed by atoms with Crippen molar-refractivity contribution in [3.05, 3.63) is 77.6 Å². The number of halogens is 2. The lowest BCUT2D eigenvalue weighted by Crippen LogP contribution is -2.54. The summed E-state index contributed by atoms with van der Waals surface area (Å²) in [5.74, 6) is 0.242. The predicted molar refractivity (Wildman–Crippen MR) is 117 cm³/mol. The van der Waals surface area contributed by atoms with Crippen LogP contribution in [0.3, 0.4) is 0 Å². The van der Waals surface area contributed by atoms with Gasteiger partial charge in [0.1, 0.15) is 18.0 Å². The van der Waals surface area contributed by atoms with Crippen LogP contribution >= 0.6 is 0 Å². The minimum atomic E-state index is -0.460. The zero-order chi connectivity index (χ0) is 22.7. The average Bonchev–Trinajstić information content (AvgIpc) is 2.78. The number of aryl methyl sites for hydroxylation is 1. The Hall–Kier alpha value is -3.55. The van der Waals surface area contributed by atoms with Crippen molar-refractivity contribution in [1.82, 2.24) is 14.9 Å². The summed E-state index contributed by atoms with van der Waals surface area (Å²) < 4.78 is 32.8. The number of ether oxygens (including phenoxy) is 1. The van der Waals surface area contributed by atoms with E-state index in [1.165, 1.54) is 24.5 Å². The van der Waals surface area contributed by atoms with Crippen LogP contribution < -0.4 is 9.64 Å². The maximum absolute atomic E-state index is 14.0. The van der Waals surface area contributed by atoms with Gasteiger partial charge in [0.05, 0.1) is 6.42 Å². The van der Waals surface area contributed by atoms with Crippen molar-refractivity contribution >= 4 is 11.7 Å². The van der Waals surface area contributed by atoms with Crippen LogP contribution in [0, 0.1) is 18.6 Å². The van der Waals surface area contributed by atoms with Gasteiger partial charge in [-0.05, 0) is 49.2 Å². The van der Waals surface area contributed by atoms with Crippen molar-refractivity contribution in [2.75, 3.05) is 24.5 Å². The number of rotatable bonds is 5. The van der Waals surface area contributed by atoms with E-state index in [4.69, 9.17) is 4.74 Å². The summed E-state index contributed by atoms with van der Waals surface area (Å²) in [6, 6.07) is 12.3. The Labute approximate surface area is 185 Å². The molecule has 1 aliphatic heterocycles. The van der Waals surface area contributed by atoms with Gasteiger partial charge in [-0.25, -0.2) is 18.7 Å². The Morgan fingerprint density at radius 3 is 2.62 bits per heavy atom. The maximum Gasteiger partial charge on any atom is 0.227 e. The van der Waals surface area contributed by atoms with E-state index in [1.54, 1.807) is 30.3 Å². The number of anilines is 1. The molecule has 32 heavy (non-hydrogen) atoms. The Balaban J connectivity index is 1.40. The van der Waals surface area contributed by atoms with E-state index in [0.717, 1.165) is 11.1 Å². The molecule has 1 fully saturated rings. The number of carbonyl (C=O) groups excluding carboxylic acids is 1. The lowest BCUT2D eigenvalue weighted by atomic mass is 10.1. The summed E-state index contributed by atoms with van der Waals surface area (Å²) in [6.07, 6.45) is 1.62. The second-order valence-corrected chi connectivity index (χ2v) is 7.94. The number of amides is 1. The number of hydrogen-bond donors (Lipinski definition) is 0. The topological polar surface area (TPSA) is 58.6 Å². The highest BCUT2D eigenvalue weighted by molar-refractivity contribution is 5.79. The van der Waals surface area contributed by atoms with Crippen LogP contribution in [0.4, 0.5) is 14.6 Å². The van der Waals surface area contributed by atoms with E-state index in [9.17, 15) is 13.6 Å². The third-order valence-corrected chi connectivity index (χ3v) is 5.47. The Morgan fingerprint density at radius 2 is 1.88 bits per heavy atom. The van der Waals surface area contributed by atoms with Crippen LogP contribution in [0.5, 0.6) is 11.6 Å².